The van der Waals surface area contributed by atoms with E-state index in [2.05, 4.69) is 10.3 Å². The third kappa shape index (κ3) is 3.35. The highest BCUT2D eigenvalue weighted by Gasteiger charge is 2.12. The van der Waals surface area contributed by atoms with Gasteiger partial charge in [-0.05, 0) is 29.8 Å². The van der Waals surface area contributed by atoms with Crippen molar-refractivity contribution in [3.8, 4) is 6.07 Å². The van der Waals surface area contributed by atoms with Crippen LogP contribution in [0.1, 0.15) is 21.5 Å². The average molecular weight is 292 g/mol. The zero-order valence-electron chi connectivity index (χ0n) is 11.5. The summed E-state index contributed by atoms with van der Waals surface area (Å²) < 4.78 is 0. The van der Waals surface area contributed by atoms with Crippen molar-refractivity contribution in [2.45, 2.75) is 0 Å². The van der Waals surface area contributed by atoms with Gasteiger partial charge in [-0.1, -0.05) is 12.1 Å². The number of hydrogen-bond donors (Lipinski definition) is 2. The van der Waals surface area contributed by atoms with Gasteiger partial charge in [0.05, 0.1) is 17.2 Å². The maximum Gasteiger partial charge on any atom is 0.258 e. The van der Waals surface area contributed by atoms with Crippen LogP contribution in [0.5, 0.6) is 0 Å². The molecule has 108 valence electrons. The SMILES string of the molecule is N#Cc1ccc(C(=CN)C(=O)Nc2ccc(C=O)cn2)cc1. The van der Waals surface area contributed by atoms with Gasteiger partial charge in [0.25, 0.3) is 5.91 Å². The van der Waals surface area contributed by atoms with Crippen LogP contribution in [-0.4, -0.2) is 17.2 Å². The Bertz CT molecular complexity index is 756. The molecule has 0 atom stereocenters. The van der Waals surface area contributed by atoms with Gasteiger partial charge in [-0.25, -0.2) is 4.98 Å². The topological polar surface area (TPSA) is 109 Å². The summed E-state index contributed by atoms with van der Waals surface area (Å²) in [7, 11) is 0. The molecular formula is C16H12N4O2. The number of benzene rings is 1. The van der Waals surface area contributed by atoms with Gasteiger partial charge in [-0.15, -0.1) is 0 Å². The molecule has 3 N–H and O–H groups in total. The fourth-order valence-electron chi connectivity index (χ4n) is 1.76. The standard InChI is InChI=1S/C16H12N4O2/c17-7-11-1-4-13(5-2-11)14(8-18)16(22)20-15-6-3-12(10-21)9-19-15/h1-6,8-10H,18H2,(H,19,20,22). The van der Waals surface area contributed by atoms with Crippen molar-refractivity contribution >= 4 is 23.6 Å². The fourth-order valence-corrected chi connectivity index (χ4v) is 1.76. The van der Waals surface area contributed by atoms with Crippen LogP contribution in [0.15, 0.2) is 48.8 Å². The number of nitrogens with two attached hydrogens (primary N) is 1. The number of nitrogens with one attached hydrogen (secondary N) is 1. The summed E-state index contributed by atoms with van der Waals surface area (Å²) in [6.07, 6.45) is 3.22. The second-order valence-corrected chi connectivity index (χ2v) is 4.32. The summed E-state index contributed by atoms with van der Waals surface area (Å²) in [6, 6.07) is 11.5. The summed E-state index contributed by atoms with van der Waals surface area (Å²) >= 11 is 0. The van der Waals surface area contributed by atoms with E-state index in [-0.39, 0.29) is 5.57 Å². The van der Waals surface area contributed by atoms with E-state index < -0.39 is 5.91 Å². The first-order valence-corrected chi connectivity index (χ1v) is 6.33. The van der Waals surface area contributed by atoms with Crippen LogP contribution in [0.3, 0.4) is 0 Å². The smallest absolute Gasteiger partial charge is 0.258 e. The maximum absolute atomic E-state index is 12.2. The van der Waals surface area contributed by atoms with E-state index in [1.165, 1.54) is 18.5 Å². The van der Waals surface area contributed by atoms with E-state index in [0.717, 1.165) is 0 Å². The fraction of sp³-hybridized carbons (Fsp3) is 0. The molecule has 2 aromatic rings. The first-order valence-electron chi connectivity index (χ1n) is 6.33. The van der Waals surface area contributed by atoms with E-state index in [9.17, 15) is 9.59 Å². The molecule has 0 aliphatic heterocycles. The largest absolute Gasteiger partial charge is 0.404 e. The van der Waals surface area contributed by atoms with Crippen LogP contribution < -0.4 is 11.1 Å². The molecule has 0 aliphatic carbocycles. The predicted octanol–water partition coefficient (Wildman–Crippen LogP) is 1.70. The molecule has 6 heteroatoms. The molecule has 0 spiro atoms. The van der Waals surface area contributed by atoms with E-state index in [1.54, 1.807) is 30.3 Å². The number of pyridine rings is 1. The number of carbonyl (C=O) groups is 2. The van der Waals surface area contributed by atoms with Crippen molar-refractivity contribution in [1.29, 1.82) is 5.26 Å². The van der Waals surface area contributed by atoms with Crippen molar-refractivity contribution in [3.05, 3.63) is 65.5 Å². The highest BCUT2D eigenvalue weighted by molar-refractivity contribution is 6.24. The molecule has 0 saturated heterocycles. The summed E-state index contributed by atoms with van der Waals surface area (Å²) in [5, 5.41) is 11.4. The second-order valence-electron chi connectivity index (χ2n) is 4.32. The molecule has 1 aromatic carbocycles. The zero-order valence-corrected chi connectivity index (χ0v) is 11.5. The third-order valence-electron chi connectivity index (χ3n) is 2.90. The summed E-state index contributed by atoms with van der Waals surface area (Å²) in [4.78, 5) is 26.7. The number of amides is 1. The van der Waals surface area contributed by atoms with Crippen LogP contribution in [-0.2, 0) is 4.79 Å². The van der Waals surface area contributed by atoms with Crippen molar-refractivity contribution in [3.63, 3.8) is 0 Å². The molecule has 22 heavy (non-hydrogen) atoms. The van der Waals surface area contributed by atoms with Gasteiger partial charge in [0.1, 0.15) is 5.82 Å². The summed E-state index contributed by atoms with van der Waals surface area (Å²) in [5.41, 5.74) is 7.27. The van der Waals surface area contributed by atoms with Crippen molar-refractivity contribution in [1.82, 2.24) is 4.98 Å². The van der Waals surface area contributed by atoms with Gasteiger partial charge < -0.3 is 11.1 Å². The number of carbonyl (C=O) groups excluding carboxylic acids is 2. The normalized spacial score (nSPS) is 10.6. The van der Waals surface area contributed by atoms with Gasteiger partial charge >= 0.3 is 0 Å². The summed E-state index contributed by atoms with van der Waals surface area (Å²) in [5.74, 6) is -0.123. The minimum absolute atomic E-state index is 0.255. The van der Waals surface area contributed by atoms with Gasteiger partial charge in [-0.2, -0.15) is 5.26 Å². The van der Waals surface area contributed by atoms with Crippen LogP contribution in [0.4, 0.5) is 5.82 Å². The van der Waals surface area contributed by atoms with E-state index >= 15 is 0 Å². The Labute approximate surface area is 126 Å². The Morgan fingerprint density at radius 2 is 1.95 bits per heavy atom. The average Bonchev–Trinajstić information content (AvgIpc) is 2.57. The highest BCUT2D eigenvalue weighted by Crippen LogP contribution is 2.16. The molecule has 1 heterocycles. The Hall–Kier alpha value is -3.46. The number of nitriles is 1. The molecule has 0 aliphatic rings. The molecule has 2 rings (SSSR count). The van der Waals surface area contributed by atoms with Crippen molar-refractivity contribution < 1.29 is 9.59 Å². The number of nitrogens with zero attached hydrogens (tertiary/aromatic N) is 2. The number of rotatable bonds is 4. The van der Waals surface area contributed by atoms with E-state index in [0.29, 0.717) is 28.8 Å². The monoisotopic (exact) mass is 292 g/mol. The predicted molar refractivity (Wildman–Crippen MR) is 81.6 cm³/mol. The Morgan fingerprint density at radius 3 is 2.45 bits per heavy atom. The molecule has 0 unspecified atom stereocenters. The van der Waals surface area contributed by atoms with Gasteiger partial charge in [-0.3, -0.25) is 9.59 Å². The number of aldehydes is 1. The summed E-state index contributed by atoms with van der Waals surface area (Å²) in [6.45, 7) is 0. The van der Waals surface area contributed by atoms with Crippen molar-refractivity contribution in [2.75, 3.05) is 5.32 Å². The number of aromatic nitrogens is 1. The second kappa shape index (κ2) is 6.81. The van der Waals surface area contributed by atoms with Crippen molar-refractivity contribution in [2.24, 2.45) is 5.73 Å². The lowest BCUT2D eigenvalue weighted by Crippen LogP contribution is -2.15. The Morgan fingerprint density at radius 1 is 1.23 bits per heavy atom. The van der Waals surface area contributed by atoms with Gasteiger partial charge in [0, 0.05) is 18.0 Å². The first kappa shape index (κ1) is 14.9. The first-order chi connectivity index (χ1) is 10.7. The lowest BCUT2D eigenvalue weighted by molar-refractivity contribution is -0.111. The van der Waals surface area contributed by atoms with E-state index in [1.807, 2.05) is 6.07 Å². The lowest BCUT2D eigenvalue weighted by Gasteiger charge is -2.08. The molecule has 0 bridgehead atoms. The van der Waals surface area contributed by atoms with Gasteiger partial charge in [0.2, 0.25) is 0 Å². The minimum atomic E-state index is -0.432. The lowest BCUT2D eigenvalue weighted by atomic mass is 10.0. The Balaban J connectivity index is 2.17. The molecule has 0 fully saturated rings. The molecule has 0 saturated carbocycles. The molecule has 1 aromatic heterocycles. The minimum Gasteiger partial charge on any atom is -0.404 e. The quantitative estimate of drug-likeness (QED) is 0.658. The highest BCUT2D eigenvalue weighted by atomic mass is 16.1. The molecule has 6 nitrogen and oxygen atoms in total. The van der Waals surface area contributed by atoms with Crippen LogP contribution in [0.2, 0.25) is 0 Å². The van der Waals surface area contributed by atoms with Crippen LogP contribution in [0.25, 0.3) is 5.57 Å². The number of hydrogen-bond acceptors (Lipinski definition) is 5. The van der Waals surface area contributed by atoms with E-state index in [4.69, 9.17) is 11.0 Å². The van der Waals surface area contributed by atoms with Gasteiger partial charge in [0.15, 0.2) is 6.29 Å². The number of anilines is 1. The maximum atomic E-state index is 12.2. The third-order valence-corrected chi connectivity index (χ3v) is 2.90. The van der Waals surface area contributed by atoms with Crippen LogP contribution >= 0.6 is 0 Å². The molecular weight excluding hydrogens is 280 g/mol. The zero-order chi connectivity index (χ0) is 15.9. The molecule has 1 amide bonds. The van der Waals surface area contributed by atoms with Crippen LogP contribution in [0, 0.1) is 11.3 Å². The Kier molecular flexibility index (Phi) is 4.63. The molecule has 0 radical (unpaired) electrons.